The van der Waals surface area contributed by atoms with E-state index >= 15 is 0 Å². The Labute approximate surface area is 161 Å². The van der Waals surface area contributed by atoms with Crippen LogP contribution in [0.1, 0.15) is 26.9 Å². The van der Waals surface area contributed by atoms with Crippen LogP contribution in [-0.2, 0) is 0 Å². The maximum atomic E-state index is 13.1. The summed E-state index contributed by atoms with van der Waals surface area (Å²) in [5.41, 5.74) is 1.69. The standard InChI is InChI=1S/C19H20N2O5S/c1-12-4-5-13(10-17(12)21(23)24)18(22)20-6-7-27-19(20)14-8-15(25-2)11-16(9-14)26-3/h4-5,8-11,19H,6-7H2,1-3H3/t19-/m0/s1. The van der Waals surface area contributed by atoms with Gasteiger partial charge in [0.1, 0.15) is 16.9 Å². The minimum absolute atomic E-state index is 0.0488. The molecular weight excluding hydrogens is 368 g/mol. The number of rotatable bonds is 5. The zero-order valence-electron chi connectivity index (χ0n) is 15.3. The molecule has 1 aliphatic rings. The van der Waals surface area contributed by atoms with Crippen molar-refractivity contribution in [2.45, 2.75) is 12.3 Å². The fraction of sp³-hybridized carbons (Fsp3) is 0.316. The number of nitrogens with zero attached hydrogens (tertiary/aromatic N) is 2. The molecule has 1 fully saturated rings. The second-order valence-electron chi connectivity index (χ2n) is 6.13. The molecule has 1 amide bonds. The molecule has 7 nitrogen and oxygen atoms in total. The molecule has 0 unspecified atom stereocenters. The molecule has 2 aromatic carbocycles. The van der Waals surface area contributed by atoms with Crippen molar-refractivity contribution in [1.82, 2.24) is 4.90 Å². The Bertz CT molecular complexity index is 864. The van der Waals surface area contributed by atoms with Crippen LogP contribution in [0.4, 0.5) is 5.69 Å². The van der Waals surface area contributed by atoms with Gasteiger partial charge in [0.25, 0.3) is 11.6 Å². The summed E-state index contributed by atoms with van der Waals surface area (Å²) in [4.78, 5) is 25.5. The second-order valence-corrected chi connectivity index (χ2v) is 7.31. The minimum Gasteiger partial charge on any atom is -0.497 e. The van der Waals surface area contributed by atoms with Gasteiger partial charge in [0.05, 0.1) is 19.1 Å². The van der Waals surface area contributed by atoms with Gasteiger partial charge in [-0.15, -0.1) is 11.8 Å². The first-order valence-electron chi connectivity index (χ1n) is 8.35. The molecule has 3 rings (SSSR count). The molecule has 8 heteroatoms. The lowest BCUT2D eigenvalue weighted by molar-refractivity contribution is -0.385. The summed E-state index contributed by atoms with van der Waals surface area (Å²) in [5.74, 6) is 1.85. The Balaban J connectivity index is 1.94. The van der Waals surface area contributed by atoms with Crippen LogP contribution >= 0.6 is 11.8 Å². The molecule has 0 saturated carbocycles. The summed E-state index contributed by atoms with van der Waals surface area (Å²) in [7, 11) is 3.16. The van der Waals surface area contributed by atoms with E-state index in [-0.39, 0.29) is 17.0 Å². The molecule has 1 aliphatic heterocycles. The molecule has 27 heavy (non-hydrogen) atoms. The second kappa shape index (κ2) is 7.87. The van der Waals surface area contributed by atoms with Crippen LogP contribution in [0.15, 0.2) is 36.4 Å². The number of hydrogen-bond donors (Lipinski definition) is 0. The van der Waals surface area contributed by atoms with Crippen molar-refractivity contribution in [3.8, 4) is 11.5 Å². The number of nitro benzene ring substituents is 1. The third kappa shape index (κ3) is 3.85. The molecule has 1 heterocycles. The molecule has 1 saturated heterocycles. The van der Waals surface area contributed by atoms with Gasteiger partial charge >= 0.3 is 0 Å². The summed E-state index contributed by atoms with van der Waals surface area (Å²) in [6, 6.07) is 10.1. The van der Waals surface area contributed by atoms with Gasteiger partial charge in [-0.1, -0.05) is 6.07 Å². The Morgan fingerprint density at radius 3 is 2.44 bits per heavy atom. The molecule has 1 atom stereocenters. The number of methoxy groups -OCH3 is 2. The van der Waals surface area contributed by atoms with Gasteiger partial charge < -0.3 is 14.4 Å². The van der Waals surface area contributed by atoms with E-state index in [2.05, 4.69) is 0 Å². The highest BCUT2D eigenvalue weighted by molar-refractivity contribution is 7.99. The van der Waals surface area contributed by atoms with E-state index < -0.39 is 4.92 Å². The summed E-state index contributed by atoms with van der Waals surface area (Å²) < 4.78 is 10.6. The van der Waals surface area contributed by atoms with Gasteiger partial charge in [-0.25, -0.2) is 0 Å². The Hall–Kier alpha value is -2.74. The number of ether oxygens (including phenoxy) is 2. The number of amides is 1. The van der Waals surface area contributed by atoms with Crippen LogP contribution in [0, 0.1) is 17.0 Å². The number of hydrogen-bond acceptors (Lipinski definition) is 6. The fourth-order valence-electron chi connectivity index (χ4n) is 3.03. The van der Waals surface area contributed by atoms with Gasteiger partial charge in [0.15, 0.2) is 0 Å². The Morgan fingerprint density at radius 2 is 1.85 bits per heavy atom. The van der Waals surface area contributed by atoms with E-state index in [4.69, 9.17) is 9.47 Å². The number of carbonyl (C=O) groups is 1. The van der Waals surface area contributed by atoms with E-state index in [1.165, 1.54) is 6.07 Å². The third-order valence-electron chi connectivity index (χ3n) is 4.46. The summed E-state index contributed by atoms with van der Waals surface area (Å²) in [6.45, 7) is 2.22. The molecule has 0 radical (unpaired) electrons. The number of carbonyl (C=O) groups excluding carboxylic acids is 1. The molecule has 0 bridgehead atoms. The van der Waals surface area contributed by atoms with Crippen molar-refractivity contribution in [2.24, 2.45) is 0 Å². The Kier molecular flexibility index (Phi) is 5.55. The van der Waals surface area contributed by atoms with Crippen molar-refractivity contribution in [1.29, 1.82) is 0 Å². The lowest BCUT2D eigenvalue weighted by atomic mass is 10.1. The van der Waals surface area contributed by atoms with Crippen LogP contribution in [0.5, 0.6) is 11.5 Å². The van der Waals surface area contributed by atoms with E-state index in [9.17, 15) is 14.9 Å². The van der Waals surface area contributed by atoms with E-state index in [0.717, 1.165) is 11.3 Å². The summed E-state index contributed by atoms with van der Waals surface area (Å²) in [6.07, 6.45) is 0. The molecule has 2 aromatic rings. The maximum absolute atomic E-state index is 13.1. The first-order chi connectivity index (χ1) is 12.9. The van der Waals surface area contributed by atoms with Gasteiger partial charge in [-0.05, 0) is 30.7 Å². The molecule has 0 N–H and O–H groups in total. The SMILES string of the molecule is COc1cc(OC)cc([C@@H]2SCCN2C(=O)c2ccc(C)c([N+](=O)[O-])c2)c1. The first-order valence-corrected chi connectivity index (χ1v) is 9.40. The van der Waals surface area contributed by atoms with Crippen molar-refractivity contribution < 1.29 is 19.2 Å². The number of benzene rings is 2. The van der Waals surface area contributed by atoms with Gasteiger partial charge in [0.2, 0.25) is 0 Å². The zero-order valence-corrected chi connectivity index (χ0v) is 16.1. The maximum Gasteiger partial charge on any atom is 0.273 e. The number of aryl methyl sites for hydroxylation is 1. The van der Waals surface area contributed by atoms with Crippen LogP contribution in [0.3, 0.4) is 0 Å². The number of thioether (sulfide) groups is 1. The molecular formula is C19H20N2O5S. The molecule has 142 valence electrons. The van der Waals surface area contributed by atoms with Gasteiger partial charge in [0, 0.05) is 35.6 Å². The minimum atomic E-state index is -0.463. The lowest BCUT2D eigenvalue weighted by Gasteiger charge is -2.25. The van der Waals surface area contributed by atoms with Crippen molar-refractivity contribution in [3.05, 3.63) is 63.2 Å². The van der Waals surface area contributed by atoms with Crippen LogP contribution < -0.4 is 9.47 Å². The highest BCUT2D eigenvalue weighted by Gasteiger charge is 2.32. The monoisotopic (exact) mass is 388 g/mol. The smallest absolute Gasteiger partial charge is 0.273 e. The zero-order chi connectivity index (χ0) is 19.6. The van der Waals surface area contributed by atoms with Crippen LogP contribution in [0.25, 0.3) is 0 Å². The van der Waals surface area contributed by atoms with Crippen molar-refractivity contribution >= 4 is 23.4 Å². The number of nitro groups is 1. The lowest BCUT2D eigenvalue weighted by Crippen LogP contribution is -2.30. The Morgan fingerprint density at radius 1 is 1.19 bits per heavy atom. The molecule has 0 aliphatic carbocycles. The first kappa shape index (κ1) is 19.0. The average Bonchev–Trinajstić information content (AvgIpc) is 3.17. The predicted molar refractivity (Wildman–Crippen MR) is 104 cm³/mol. The van der Waals surface area contributed by atoms with Crippen LogP contribution in [0.2, 0.25) is 0 Å². The summed E-state index contributed by atoms with van der Waals surface area (Å²) in [5, 5.41) is 11.0. The third-order valence-corrected chi connectivity index (χ3v) is 5.72. The highest BCUT2D eigenvalue weighted by atomic mass is 32.2. The van der Waals surface area contributed by atoms with Crippen molar-refractivity contribution in [3.63, 3.8) is 0 Å². The predicted octanol–water partition coefficient (Wildman–Crippen LogP) is 3.81. The van der Waals surface area contributed by atoms with Gasteiger partial charge in [-0.3, -0.25) is 14.9 Å². The van der Waals surface area contributed by atoms with Crippen molar-refractivity contribution in [2.75, 3.05) is 26.5 Å². The summed E-state index contributed by atoms with van der Waals surface area (Å²) >= 11 is 1.64. The van der Waals surface area contributed by atoms with Gasteiger partial charge in [-0.2, -0.15) is 0 Å². The van der Waals surface area contributed by atoms with Crippen LogP contribution in [-0.4, -0.2) is 42.2 Å². The quantitative estimate of drug-likeness (QED) is 0.572. The topological polar surface area (TPSA) is 81.9 Å². The average molecular weight is 388 g/mol. The highest BCUT2D eigenvalue weighted by Crippen LogP contribution is 2.41. The molecule has 0 spiro atoms. The molecule has 0 aromatic heterocycles. The normalized spacial score (nSPS) is 16.3. The van der Waals surface area contributed by atoms with E-state index in [1.54, 1.807) is 56.0 Å². The fourth-order valence-corrected chi connectivity index (χ4v) is 4.27. The van der Waals surface area contributed by atoms with E-state index in [0.29, 0.717) is 29.2 Å². The van der Waals surface area contributed by atoms with E-state index in [1.807, 2.05) is 12.1 Å². The largest absolute Gasteiger partial charge is 0.497 e.